The van der Waals surface area contributed by atoms with Gasteiger partial charge in [0.05, 0.1) is 16.9 Å². The summed E-state index contributed by atoms with van der Waals surface area (Å²) in [6, 6.07) is 10.4. The van der Waals surface area contributed by atoms with Crippen molar-refractivity contribution in [2.75, 3.05) is 0 Å². The molecule has 0 saturated carbocycles. The van der Waals surface area contributed by atoms with Crippen molar-refractivity contribution in [2.24, 2.45) is 0 Å². The first-order chi connectivity index (χ1) is 15.3. The van der Waals surface area contributed by atoms with E-state index < -0.39 is 10.9 Å². The summed E-state index contributed by atoms with van der Waals surface area (Å²) >= 11 is 5.68. The number of nitro groups is 1. The van der Waals surface area contributed by atoms with E-state index in [4.69, 9.17) is 25.6 Å². The molecule has 0 bridgehead atoms. The summed E-state index contributed by atoms with van der Waals surface area (Å²) < 4.78 is 16.0. The third-order valence-electron chi connectivity index (χ3n) is 4.66. The first kappa shape index (κ1) is 21.3. The smallest absolute Gasteiger partial charge is 0.311 e. The van der Waals surface area contributed by atoms with Crippen LogP contribution in [-0.2, 0) is 11.2 Å². The Hall–Kier alpha value is -3.98. The molecule has 9 nitrogen and oxygen atoms in total. The van der Waals surface area contributed by atoms with Gasteiger partial charge in [0.15, 0.2) is 10.9 Å². The van der Waals surface area contributed by atoms with Crippen LogP contribution in [0.3, 0.4) is 0 Å². The zero-order valence-corrected chi connectivity index (χ0v) is 17.4. The molecule has 1 aliphatic rings. The first-order valence-corrected chi connectivity index (χ1v) is 9.83. The maximum atomic E-state index is 12.8. The van der Waals surface area contributed by atoms with Crippen LogP contribution in [0.25, 0.3) is 6.08 Å². The van der Waals surface area contributed by atoms with Crippen molar-refractivity contribution >= 4 is 35.1 Å². The molecule has 2 aromatic carbocycles. The highest BCUT2D eigenvalue weighted by molar-refractivity contribution is 6.29. The van der Waals surface area contributed by atoms with Crippen LogP contribution in [-0.4, -0.2) is 21.8 Å². The molecule has 0 radical (unpaired) electrons. The number of hydrogen-bond donors (Lipinski definition) is 0. The van der Waals surface area contributed by atoms with Gasteiger partial charge < -0.3 is 14.0 Å². The van der Waals surface area contributed by atoms with Crippen LogP contribution in [0, 0.1) is 17.0 Å². The van der Waals surface area contributed by atoms with Gasteiger partial charge in [-0.1, -0.05) is 28.9 Å². The van der Waals surface area contributed by atoms with E-state index in [2.05, 4.69) is 5.16 Å². The molecular weight excluding hydrogens is 440 g/mol. The van der Waals surface area contributed by atoms with Crippen molar-refractivity contribution in [3.05, 3.63) is 85.9 Å². The monoisotopic (exact) mass is 454 g/mol. The van der Waals surface area contributed by atoms with E-state index in [1.54, 1.807) is 19.1 Å². The van der Waals surface area contributed by atoms with E-state index in [1.807, 2.05) is 0 Å². The molecule has 1 aromatic heterocycles. The summed E-state index contributed by atoms with van der Waals surface area (Å²) in [7, 11) is 0. The van der Waals surface area contributed by atoms with Crippen molar-refractivity contribution in [3.8, 4) is 11.5 Å². The zero-order chi connectivity index (χ0) is 22.8. The number of Topliss-reactive ketones (excluding diaryl/α,β-unsaturated/α-hetero) is 1. The number of carbonyl (C=O) groups is 2. The van der Waals surface area contributed by atoms with E-state index in [9.17, 15) is 19.7 Å². The molecule has 0 N–H and O–H groups in total. The Morgan fingerprint density at radius 1 is 1.28 bits per heavy atom. The highest BCUT2D eigenvalue weighted by Crippen LogP contribution is 2.37. The number of nitro benzene ring substituents is 1. The van der Waals surface area contributed by atoms with Crippen LogP contribution in [0.1, 0.15) is 33.7 Å². The van der Waals surface area contributed by atoms with Gasteiger partial charge in [0.2, 0.25) is 5.78 Å². The number of halogens is 1. The third-order valence-corrected chi connectivity index (χ3v) is 4.84. The minimum Gasteiger partial charge on any atom is -0.452 e. The Bertz CT molecular complexity index is 1280. The van der Waals surface area contributed by atoms with E-state index in [0.29, 0.717) is 22.5 Å². The van der Waals surface area contributed by atoms with Gasteiger partial charge in [-0.3, -0.25) is 19.7 Å². The number of ketones is 1. The standard InChI is InChI=1S/C22H15ClN2O7/c1-12-7-16(30-20(26)6-5-15-11-19(23)24-32-15)10-17-21(12)22(27)18(31-17)9-13-3-2-4-14(8-13)25(28)29/h2-4,7-11H,5-6H2,1H3/b18-9-. The molecule has 162 valence electrons. The topological polar surface area (TPSA) is 122 Å². The number of ether oxygens (including phenoxy) is 2. The number of fused-ring (bicyclic) bond motifs is 1. The average Bonchev–Trinajstić information content (AvgIpc) is 3.29. The third kappa shape index (κ3) is 4.52. The summed E-state index contributed by atoms with van der Waals surface area (Å²) in [6.07, 6.45) is 1.75. The van der Waals surface area contributed by atoms with Crippen LogP contribution in [0.5, 0.6) is 11.5 Å². The predicted molar refractivity (Wildman–Crippen MR) is 113 cm³/mol. The maximum absolute atomic E-state index is 12.8. The highest BCUT2D eigenvalue weighted by Gasteiger charge is 2.30. The van der Waals surface area contributed by atoms with Gasteiger partial charge in [-0.25, -0.2) is 0 Å². The highest BCUT2D eigenvalue weighted by atomic mass is 35.5. The molecule has 0 aliphatic carbocycles. The zero-order valence-electron chi connectivity index (χ0n) is 16.7. The Balaban J connectivity index is 1.49. The Morgan fingerprint density at radius 2 is 2.09 bits per heavy atom. The second-order valence-electron chi connectivity index (χ2n) is 7.00. The molecule has 1 aliphatic heterocycles. The number of esters is 1. The molecule has 2 heterocycles. The van der Waals surface area contributed by atoms with Gasteiger partial charge in [-0.2, -0.15) is 0 Å². The number of non-ortho nitro benzene ring substituents is 1. The second kappa shape index (κ2) is 8.64. The fourth-order valence-electron chi connectivity index (χ4n) is 3.23. The largest absolute Gasteiger partial charge is 0.452 e. The van der Waals surface area contributed by atoms with Crippen LogP contribution >= 0.6 is 11.6 Å². The van der Waals surface area contributed by atoms with E-state index in [1.165, 1.54) is 36.4 Å². The number of benzene rings is 2. The molecule has 32 heavy (non-hydrogen) atoms. The maximum Gasteiger partial charge on any atom is 0.311 e. The lowest BCUT2D eigenvalue weighted by Crippen LogP contribution is -2.09. The van der Waals surface area contributed by atoms with E-state index >= 15 is 0 Å². The SMILES string of the molecule is Cc1cc(OC(=O)CCc2cc(Cl)no2)cc2c1C(=O)/C(=C/c1cccc([N+](=O)[O-])c1)O2. The van der Waals surface area contributed by atoms with Gasteiger partial charge in [-0.05, 0) is 30.2 Å². The second-order valence-corrected chi connectivity index (χ2v) is 7.38. The van der Waals surface area contributed by atoms with Crippen LogP contribution in [0.2, 0.25) is 5.15 Å². The number of nitrogens with zero attached hydrogens (tertiary/aromatic N) is 2. The van der Waals surface area contributed by atoms with Gasteiger partial charge in [0.25, 0.3) is 5.69 Å². The summed E-state index contributed by atoms with van der Waals surface area (Å²) in [5.74, 6) is 0.0941. The number of aryl methyl sites for hydroxylation is 2. The Labute approximate surface area is 186 Å². The van der Waals surface area contributed by atoms with Crippen molar-refractivity contribution in [2.45, 2.75) is 19.8 Å². The van der Waals surface area contributed by atoms with Gasteiger partial charge in [0.1, 0.15) is 17.3 Å². The fraction of sp³-hybridized carbons (Fsp3) is 0.136. The van der Waals surface area contributed by atoms with Crippen molar-refractivity contribution < 1.29 is 28.5 Å². The molecule has 3 aromatic rings. The molecule has 0 atom stereocenters. The lowest BCUT2D eigenvalue weighted by atomic mass is 10.0. The minimum atomic E-state index is -0.518. The van der Waals surface area contributed by atoms with Crippen molar-refractivity contribution in [1.82, 2.24) is 5.16 Å². The number of rotatable bonds is 6. The molecule has 10 heteroatoms. The molecule has 0 saturated heterocycles. The van der Waals surface area contributed by atoms with Crippen molar-refractivity contribution in [1.29, 1.82) is 0 Å². The first-order valence-electron chi connectivity index (χ1n) is 9.45. The molecule has 4 rings (SSSR count). The molecule has 0 fully saturated rings. The lowest BCUT2D eigenvalue weighted by molar-refractivity contribution is -0.384. The van der Waals surface area contributed by atoms with Crippen LogP contribution < -0.4 is 9.47 Å². The lowest BCUT2D eigenvalue weighted by Gasteiger charge is -2.07. The molecule has 0 unspecified atom stereocenters. The summed E-state index contributed by atoms with van der Waals surface area (Å²) in [4.78, 5) is 35.4. The summed E-state index contributed by atoms with van der Waals surface area (Å²) in [5, 5.41) is 14.7. The summed E-state index contributed by atoms with van der Waals surface area (Å²) in [6.45, 7) is 1.70. The van der Waals surface area contributed by atoms with Crippen LogP contribution in [0.4, 0.5) is 5.69 Å². The Morgan fingerprint density at radius 3 is 2.81 bits per heavy atom. The average molecular weight is 455 g/mol. The van der Waals surface area contributed by atoms with E-state index in [0.717, 1.165) is 0 Å². The molecular formula is C22H15ClN2O7. The minimum absolute atomic E-state index is 0.0225. The predicted octanol–water partition coefficient (Wildman–Crippen LogP) is 4.70. The van der Waals surface area contributed by atoms with Gasteiger partial charge >= 0.3 is 5.97 Å². The molecule has 0 spiro atoms. The normalized spacial score (nSPS) is 13.7. The number of allylic oxidation sites excluding steroid dienone is 1. The fourth-order valence-corrected chi connectivity index (χ4v) is 3.39. The quantitative estimate of drug-likeness (QED) is 0.173. The molecule has 0 amide bonds. The van der Waals surface area contributed by atoms with Crippen LogP contribution in [0.15, 0.2) is 52.7 Å². The number of aromatic nitrogens is 1. The summed E-state index contributed by atoms with van der Waals surface area (Å²) in [5.41, 5.74) is 1.27. The van der Waals surface area contributed by atoms with Crippen molar-refractivity contribution in [3.63, 3.8) is 0 Å². The van der Waals surface area contributed by atoms with Gasteiger partial charge in [-0.15, -0.1) is 0 Å². The van der Waals surface area contributed by atoms with Gasteiger partial charge in [0, 0.05) is 30.7 Å². The Kier molecular flexibility index (Phi) is 5.74. The van der Waals surface area contributed by atoms with E-state index in [-0.39, 0.29) is 46.7 Å². The number of carbonyl (C=O) groups excluding carboxylic acids is 2. The number of hydrogen-bond acceptors (Lipinski definition) is 8.